The fourth-order valence-corrected chi connectivity index (χ4v) is 3.01. The monoisotopic (exact) mass is 352 g/mol. The van der Waals surface area contributed by atoms with Gasteiger partial charge in [-0.05, 0) is 24.3 Å². The highest BCUT2D eigenvalue weighted by atomic mass is 32.2. The Morgan fingerprint density at radius 1 is 1.38 bits per heavy atom. The van der Waals surface area contributed by atoms with Gasteiger partial charge in [0.2, 0.25) is 11.8 Å². The molecule has 1 aromatic carbocycles. The number of anilines is 1. The second kappa shape index (κ2) is 8.58. The highest BCUT2D eigenvalue weighted by molar-refractivity contribution is 7.99. The van der Waals surface area contributed by atoms with Crippen LogP contribution in [0.5, 0.6) is 5.75 Å². The van der Waals surface area contributed by atoms with Crippen molar-refractivity contribution in [2.24, 2.45) is 5.92 Å². The molecule has 0 aliphatic carbocycles. The lowest BCUT2D eigenvalue weighted by atomic mass is 10.1. The first-order valence-electron chi connectivity index (χ1n) is 7.53. The Balaban J connectivity index is 1.82. The number of rotatable bonds is 8. The van der Waals surface area contributed by atoms with Crippen molar-refractivity contribution in [1.29, 1.82) is 0 Å². The van der Waals surface area contributed by atoms with Crippen LogP contribution >= 0.6 is 11.8 Å². The van der Waals surface area contributed by atoms with Gasteiger partial charge < -0.3 is 20.1 Å². The Bertz CT molecular complexity index is 605. The molecule has 0 spiro atoms. The molecule has 0 bridgehead atoms. The van der Waals surface area contributed by atoms with Crippen LogP contribution < -0.4 is 15.0 Å². The molecule has 1 heterocycles. The van der Waals surface area contributed by atoms with Gasteiger partial charge in [-0.1, -0.05) is 0 Å². The molecule has 1 aliphatic heterocycles. The number of nitrogens with one attached hydrogen (secondary N) is 1. The number of methoxy groups -OCH3 is 1. The van der Waals surface area contributed by atoms with Crippen LogP contribution in [0.15, 0.2) is 24.3 Å². The van der Waals surface area contributed by atoms with Gasteiger partial charge in [0.25, 0.3) is 0 Å². The van der Waals surface area contributed by atoms with Gasteiger partial charge in [-0.25, -0.2) is 0 Å². The Hall–Kier alpha value is -2.22. The number of aliphatic carboxylic acids is 1. The Kier molecular flexibility index (Phi) is 6.48. The number of benzene rings is 1. The highest BCUT2D eigenvalue weighted by Gasteiger charge is 2.34. The normalized spacial score (nSPS) is 17.0. The largest absolute Gasteiger partial charge is 0.497 e. The third kappa shape index (κ3) is 4.89. The maximum absolute atomic E-state index is 12.1. The van der Waals surface area contributed by atoms with Crippen LogP contribution in [0.2, 0.25) is 0 Å². The molecule has 1 saturated heterocycles. The molecule has 2 amide bonds. The third-order valence-electron chi connectivity index (χ3n) is 3.65. The van der Waals surface area contributed by atoms with Gasteiger partial charge >= 0.3 is 5.97 Å². The van der Waals surface area contributed by atoms with Crippen molar-refractivity contribution < 1.29 is 24.2 Å². The molecule has 1 unspecified atom stereocenters. The molecule has 1 aromatic rings. The minimum Gasteiger partial charge on any atom is -0.497 e. The van der Waals surface area contributed by atoms with Crippen molar-refractivity contribution in [3.8, 4) is 5.75 Å². The first kappa shape index (κ1) is 18.1. The predicted octanol–water partition coefficient (Wildman–Crippen LogP) is 0.982. The number of nitrogens with zero attached hydrogens (tertiary/aromatic N) is 1. The molecule has 24 heavy (non-hydrogen) atoms. The van der Waals surface area contributed by atoms with E-state index in [0.717, 1.165) is 5.69 Å². The van der Waals surface area contributed by atoms with E-state index in [-0.39, 0.29) is 29.9 Å². The van der Waals surface area contributed by atoms with Gasteiger partial charge in [-0.15, -0.1) is 11.8 Å². The lowest BCUT2D eigenvalue weighted by Gasteiger charge is -2.17. The summed E-state index contributed by atoms with van der Waals surface area (Å²) in [4.78, 5) is 36.3. The van der Waals surface area contributed by atoms with E-state index in [1.165, 1.54) is 11.8 Å². The summed E-state index contributed by atoms with van der Waals surface area (Å²) in [5, 5.41) is 11.3. The van der Waals surface area contributed by atoms with Gasteiger partial charge in [-0.3, -0.25) is 14.4 Å². The van der Waals surface area contributed by atoms with Crippen LogP contribution in [-0.4, -0.2) is 54.6 Å². The first-order valence-corrected chi connectivity index (χ1v) is 8.68. The Morgan fingerprint density at radius 2 is 2.08 bits per heavy atom. The smallest absolute Gasteiger partial charge is 0.313 e. The van der Waals surface area contributed by atoms with Crippen molar-refractivity contribution >= 4 is 35.2 Å². The summed E-state index contributed by atoms with van der Waals surface area (Å²) < 4.78 is 5.09. The number of carbonyl (C=O) groups excluding carboxylic acids is 2. The molecular formula is C16H20N2O5S. The van der Waals surface area contributed by atoms with Crippen molar-refractivity contribution in [1.82, 2.24) is 5.32 Å². The third-order valence-corrected chi connectivity index (χ3v) is 4.59. The van der Waals surface area contributed by atoms with Crippen LogP contribution in [0.25, 0.3) is 0 Å². The van der Waals surface area contributed by atoms with Gasteiger partial charge in [0, 0.05) is 31.0 Å². The molecular weight excluding hydrogens is 332 g/mol. The predicted molar refractivity (Wildman–Crippen MR) is 91.4 cm³/mol. The summed E-state index contributed by atoms with van der Waals surface area (Å²) in [5.74, 6) is -0.259. The molecule has 0 radical (unpaired) electrons. The fraction of sp³-hybridized carbons (Fsp3) is 0.438. The molecule has 1 atom stereocenters. The van der Waals surface area contributed by atoms with Gasteiger partial charge in [0.15, 0.2) is 0 Å². The van der Waals surface area contributed by atoms with Crippen LogP contribution in [0, 0.1) is 5.92 Å². The second-order valence-corrected chi connectivity index (χ2v) is 6.45. The van der Waals surface area contributed by atoms with E-state index < -0.39 is 5.97 Å². The number of ether oxygens (including phenoxy) is 1. The average Bonchev–Trinajstić information content (AvgIpc) is 2.96. The summed E-state index contributed by atoms with van der Waals surface area (Å²) in [6, 6.07) is 7.13. The van der Waals surface area contributed by atoms with E-state index in [1.54, 1.807) is 36.3 Å². The number of carboxylic acids is 1. The van der Waals surface area contributed by atoms with Gasteiger partial charge in [-0.2, -0.15) is 0 Å². The number of hydrogen-bond acceptors (Lipinski definition) is 5. The van der Waals surface area contributed by atoms with Crippen molar-refractivity contribution in [3.63, 3.8) is 0 Å². The van der Waals surface area contributed by atoms with Crippen molar-refractivity contribution in [2.75, 3.05) is 36.6 Å². The topological polar surface area (TPSA) is 95.9 Å². The van der Waals surface area contributed by atoms with E-state index in [1.807, 2.05) is 0 Å². The molecule has 2 rings (SSSR count). The van der Waals surface area contributed by atoms with E-state index in [2.05, 4.69) is 5.32 Å². The molecule has 130 valence electrons. The summed E-state index contributed by atoms with van der Waals surface area (Å²) in [6.07, 6.45) is 0.181. The Labute approximate surface area is 144 Å². The summed E-state index contributed by atoms with van der Waals surface area (Å²) in [5.41, 5.74) is 0.744. The van der Waals surface area contributed by atoms with Crippen LogP contribution in [0.1, 0.15) is 6.42 Å². The molecule has 8 heteroatoms. The molecule has 0 saturated carbocycles. The number of carbonyl (C=O) groups is 3. The maximum Gasteiger partial charge on any atom is 0.313 e. The van der Waals surface area contributed by atoms with Crippen LogP contribution in [-0.2, 0) is 14.4 Å². The van der Waals surface area contributed by atoms with Crippen LogP contribution in [0.3, 0.4) is 0 Å². The standard InChI is InChI=1S/C16H20N2O5S/c1-23-13-4-2-12(3-5-13)18-9-11(8-14(18)19)16(22)17-6-7-24-10-15(20)21/h2-5,11H,6-10H2,1H3,(H,17,22)(H,20,21). The summed E-state index contributed by atoms with van der Waals surface area (Å²) in [6.45, 7) is 0.739. The van der Waals surface area contributed by atoms with Crippen molar-refractivity contribution in [2.45, 2.75) is 6.42 Å². The van der Waals surface area contributed by atoms with Crippen LogP contribution in [0.4, 0.5) is 5.69 Å². The number of amides is 2. The Morgan fingerprint density at radius 3 is 2.71 bits per heavy atom. The maximum atomic E-state index is 12.1. The second-order valence-electron chi connectivity index (χ2n) is 5.34. The lowest BCUT2D eigenvalue weighted by Crippen LogP contribution is -2.34. The summed E-state index contributed by atoms with van der Waals surface area (Å²) in [7, 11) is 1.57. The molecule has 2 N–H and O–H groups in total. The van der Waals surface area contributed by atoms with Gasteiger partial charge in [0.1, 0.15) is 5.75 Å². The minimum absolute atomic E-state index is 0.0169. The highest BCUT2D eigenvalue weighted by Crippen LogP contribution is 2.26. The van der Waals surface area contributed by atoms with E-state index >= 15 is 0 Å². The number of thioether (sulfide) groups is 1. The quantitative estimate of drug-likeness (QED) is 0.677. The lowest BCUT2D eigenvalue weighted by molar-refractivity contribution is -0.134. The molecule has 1 fully saturated rings. The summed E-state index contributed by atoms with van der Waals surface area (Å²) >= 11 is 1.24. The minimum atomic E-state index is -0.872. The average molecular weight is 352 g/mol. The van der Waals surface area contributed by atoms with E-state index in [9.17, 15) is 14.4 Å². The van der Waals surface area contributed by atoms with E-state index in [4.69, 9.17) is 9.84 Å². The zero-order chi connectivity index (χ0) is 17.5. The first-order chi connectivity index (χ1) is 11.5. The van der Waals surface area contributed by atoms with Crippen molar-refractivity contribution in [3.05, 3.63) is 24.3 Å². The number of carboxylic acid groups (broad SMARTS) is 1. The fourth-order valence-electron chi connectivity index (χ4n) is 2.45. The van der Waals surface area contributed by atoms with Gasteiger partial charge in [0.05, 0.1) is 18.8 Å². The molecule has 7 nitrogen and oxygen atoms in total. The SMILES string of the molecule is COc1ccc(N2CC(C(=O)NCCSCC(=O)O)CC2=O)cc1. The number of hydrogen-bond donors (Lipinski definition) is 2. The zero-order valence-corrected chi connectivity index (χ0v) is 14.2. The molecule has 0 aromatic heterocycles. The van der Waals surface area contributed by atoms with E-state index in [0.29, 0.717) is 24.6 Å². The molecule has 1 aliphatic rings. The zero-order valence-electron chi connectivity index (χ0n) is 13.4.